The number of hydrogen-bond donors (Lipinski definition) is 2. The fourth-order valence-electron chi connectivity index (χ4n) is 2.60. The summed E-state index contributed by atoms with van der Waals surface area (Å²) in [5.74, 6) is -1.42. The van der Waals surface area contributed by atoms with Crippen LogP contribution >= 0.6 is 11.8 Å². The molecule has 10 nitrogen and oxygen atoms in total. The number of aromatic amines is 1. The second-order valence-electron chi connectivity index (χ2n) is 5.83. The molecule has 1 aliphatic heterocycles. The Morgan fingerprint density at radius 3 is 2.68 bits per heavy atom. The summed E-state index contributed by atoms with van der Waals surface area (Å²) in [6.45, 7) is -0.366. The van der Waals surface area contributed by atoms with Gasteiger partial charge in [-0.15, -0.1) is 0 Å². The molecule has 0 atom stereocenters. The highest BCUT2D eigenvalue weighted by Gasteiger charge is 2.29. The van der Waals surface area contributed by atoms with Crippen molar-refractivity contribution in [2.24, 2.45) is 0 Å². The standard InChI is InChI=1S/C17H16N4O6S/c22-13(18-5-6-21-14(23)9-28-17(21)26)8-27-15(24)7-12-10-3-1-2-4-11(10)16(25)20-19-12/h1-4H,5-9H2,(H,18,22)(H,20,25). The van der Waals surface area contributed by atoms with Crippen molar-refractivity contribution in [3.8, 4) is 0 Å². The second-order valence-corrected chi connectivity index (χ2v) is 6.76. The number of imide groups is 1. The zero-order valence-corrected chi connectivity index (χ0v) is 15.4. The molecule has 3 rings (SSSR count). The molecule has 2 aromatic rings. The third-order valence-corrected chi connectivity index (χ3v) is 4.81. The van der Waals surface area contributed by atoms with Crippen LogP contribution < -0.4 is 10.9 Å². The minimum Gasteiger partial charge on any atom is -0.455 e. The zero-order valence-electron chi connectivity index (χ0n) is 14.6. The largest absolute Gasteiger partial charge is 0.455 e. The van der Waals surface area contributed by atoms with E-state index in [1.807, 2.05) is 0 Å². The number of amides is 3. The minimum atomic E-state index is -0.679. The molecule has 1 aromatic heterocycles. The Hall–Kier alpha value is -3.21. The van der Waals surface area contributed by atoms with E-state index in [1.54, 1.807) is 24.3 Å². The Kier molecular flexibility index (Phi) is 6.04. The molecule has 1 aliphatic rings. The smallest absolute Gasteiger partial charge is 0.312 e. The van der Waals surface area contributed by atoms with Crippen LogP contribution in [0.25, 0.3) is 10.8 Å². The topological polar surface area (TPSA) is 139 Å². The molecule has 0 aliphatic carbocycles. The van der Waals surface area contributed by atoms with Gasteiger partial charge in [0.15, 0.2) is 6.61 Å². The predicted octanol–water partition coefficient (Wildman–Crippen LogP) is -0.180. The Bertz CT molecular complexity index is 989. The molecule has 1 saturated heterocycles. The fraction of sp³-hybridized carbons (Fsp3) is 0.294. The number of fused-ring (bicyclic) bond motifs is 1. The quantitative estimate of drug-likeness (QED) is 0.606. The lowest BCUT2D eigenvalue weighted by atomic mass is 10.1. The molecule has 2 heterocycles. The number of H-pyrrole nitrogens is 1. The molecule has 2 N–H and O–H groups in total. The summed E-state index contributed by atoms with van der Waals surface area (Å²) < 4.78 is 4.92. The van der Waals surface area contributed by atoms with Gasteiger partial charge in [-0.25, -0.2) is 5.10 Å². The van der Waals surface area contributed by atoms with Gasteiger partial charge in [-0.2, -0.15) is 5.10 Å². The Morgan fingerprint density at radius 2 is 1.96 bits per heavy atom. The van der Waals surface area contributed by atoms with Gasteiger partial charge in [0.25, 0.3) is 16.7 Å². The number of carbonyl (C=O) groups is 4. The molecule has 3 amide bonds. The van der Waals surface area contributed by atoms with Gasteiger partial charge in [-0.3, -0.25) is 28.9 Å². The number of thioether (sulfide) groups is 1. The van der Waals surface area contributed by atoms with Gasteiger partial charge >= 0.3 is 5.97 Å². The van der Waals surface area contributed by atoms with E-state index < -0.39 is 18.5 Å². The van der Waals surface area contributed by atoms with Crippen LogP contribution in [0.3, 0.4) is 0 Å². The molecule has 0 unspecified atom stereocenters. The SMILES string of the molecule is O=C(COC(=O)Cc1n[nH]c(=O)c2ccccc12)NCCN1C(=O)CSC1=O. The molecular formula is C17H16N4O6S. The van der Waals surface area contributed by atoms with Crippen molar-refractivity contribution in [1.82, 2.24) is 20.4 Å². The molecule has 146 valence electrons. The number of aromatic nitrogens is 2. The third-order valence-electron chi connectivity index (χ3n) is 3.95. The van der Waals surface area contributed by atoms with E-state index in [4.69, 9.17) is 4.74 Å². The molecular weight excluding hydrogens is 388 g/mol. The van der Waals surface area contributed by atoms with Crippen LogP contribution in [0.1, 0.15) is 5.69 Å². The molecule has 1 fully saturated rings. The maximum Gasteiger partial charge on any atom is 0.312 e. The van der Waals surface area contributed by atoms with Crippen LogP contribution in [0.2, 0.25) is 0 Å². The van der Waals surface area contributed by atoms with Crippen molar-refractivity contribution in [3.63, 3.8) is 0 Å². The summed E-state index contributed by atoms with van der Waals surface area (Å²) in [7, 11) is 0. The highest BCUT2D eigenvalue weighted by molar-refractivity contribution is 8.14. The summed E-state index contributed by atoms with van der Waals surface area (Å²) in [6, 6.07) is 6.71. The average molecular weight is 404 g/mol. The van der Waals surface area contributed by atoms with Crippen LogP contribution in [0.4, 0.5) is 4.79 Å². The summed E-state index contributed by atoms with van der Waals surface area (Å²) in [6.07, 6.45) is -0.210. The lowest BCUT2D eigenvalue weighted by Gasteiger charge is -2.13. The third kappa shape index (κ3) is 4.55. The summed E-state index contributed by atoms with van der Waals surface area (Å²) in [5, 5.41) is 9.26. The van der Waals surface area contributed by atoms with Crippen LogP contribution in [-0.2, 0) is 25.5 Å². The van der Waals surface area contributed by atoms with Gasteiger partial charge < -0.3 is 10.1 Å². The lowest BCUT2D eigenvalue weighted by Crippen LogP contribution is -2.38. The first kappa shape index (κ1) is 19.5. The number of ether oxygens (including phenoxy) is 1. The molecule has 28 heavy (non-hydrogen) atoms. The van der Waals surface area contributed by atoms with Crippen molar-refractivity contribution in [3.05, 3.63) is 40.3 Å². The van der Waals surface area contributed by atoms with E-state index in [2.05, 4.69) is 15.5 Å². The number of benzene rings is 1. The fourth-order valence-corrected chi connectivity index (χ4v) is 3.35. The van der Waals surface area contributed by atoms with Gasteiger partial charge in [-0.1, -0.05) is 30.0 Å². The monoisotopic (exact) mass is 404 g/mol. The minimum absolute atomic E-state index is 0.0671. The molecule has 11 heteroatoms. The summed E-state index contributed by atoms with van der Waals surface area (Å²) in [4.78, 5) is 59.4. The van der Waals surface area contributed by atoms with Gasteiger partial charge in [0.2, 0.25) is 5.91 Å². The van der Waals surface area contributed by atoms with E-state index in [9.17, 15) is 24.0 Å². The highest BCUT2D eigenvalue weighted by atomic mass is 32.2. The predicted molar refractivity (Wildman–Crippen MR) is 99.6 cm³/mol. The van der Waals surface area contributed by atoms with E-state index in [-0.39, 0.29) is 42.0 Å². The van der Waals surface area contributed by atoms with Gasteiger partial charge in [-0.05, 0) is 6.07 Å². The van der Waals surface area contributed by atoms with E-state index >= 15 is 0 Å². The highest BCUT2D eigenvalue weighted by Crippen LogP contribution is 2.17. The number of esters is 1. The van der Waals surface area contributed by atoms with Crippen LogP contribution in [-0.4, -0.2) is 63.6 Å². The normalized spacial score (nSPS) is 13.8. The number of rotatable bonds is 7. The lowest BCUT2D eigenvalue weighted by molar-refractivity contribution is -0.147. The first-order chi connectivity index (χ1) is 13.5. The molecule has 0 bridgehead atoms. The average Bonchev–Trinajstić information content (AvgIpc) is 3.01. The number of nitrogens with zero attached hydrogens (tertiary/aromatic N) is 2. The van der Waals surface area contributed by atoms with Crippen molar-refractivity contribution in [1.29, 1.82) is 0 Å². The van der Waals surface area contributed by atoms with Gasteiger partial charge in [0.05, 0.1) is 23.3 Å². The van der Waals surface area contributed by atoms with Gasteiger partial charge in [0, 0.05) is 18.5 Å². The molecule has 0 spiro atoms. The Labute approximate surface area is 162 Å². The van der Waals surface area contributed by atoms with Crippen LogP contribution in [0.5, 0.6) is 0 Å². The van der Waals surface area contributed by atoms with Crippen LogP contribution in [0.15, 0.2) is 29.1 Å². The van der Waals surface area contributed by atoms with E-state index in [0.717, 1.165) is 16.7 Å². The van der Waals surface area contributed by atoms with Crippen molar-refractivity contribution in [2.45, 2.75) is 6.42 Å². The molecule has 1 aromatic carbocycles. The maximum absolute atomic E-state index is 12.0. The van der Waals surface area contributed by atoms with Crippen molar-refractivity contribution < 1.29 is 23.9 Å². The zero-order chi connectivity index (χ0) is 20.1. The molecule has 0 saturated carbocycles. The first-order valence-electron chi connectivity index (χ1n) is 8.31. The second kappa shape index (κ2) is 8.65. The van der Waals surface area contributed by atoms with Crippen LogP contribution in [0, 0.1) is 0 Å². The summed E-state index contributed by atoms with van der Waals surface area (Å²) in [5.41, 5.74) is -0.0235. The Morgan fingerprint density at radius 1 is 1.21 bits per heavy atom. The van der Waals surface area contributed by atoms with Crippen molar-refractivity contribution >= 4 is 45.6 Å². The number of nitrogens with one attached hydrogen (secondary N) is 2. The Balaban J connectivity index is 1.46. The number of hydrogen-bond acceptors (Lipinski definition) is 8. The first-order valence-corrected chi connectivity index (χ1v) is 9.30. The number of carbonyl (C=O) groups excluding carboxylic acids is 4. The van der Waals surface area contributed by atoms with E-state index in [1.165, 1.54) is 0 Å². The van der Waals surface area contributed by atoms with Crippen molar-refractivity contribution in [2.75, 3.05) is 25.4 Å². The summed E-state index contributed by atoms with van der Waals surface area (Å²) >= 11 is 0.916. The van der Waals surface area contributed by atoms with Gasteiger partial charge in [0.1, 0.15) is 0 Å². The molecule has 0 radical (unpaired) electrons. The maximum atomic E-state index is 12.0. The van der Waals surface area contributed by atoms with E-state index in [0.29, 0.717) is 16.5 Å².